The molecule has 0 aliphatic carbocycles. The minimum Gasteiger partial charge on any atom is -0.475 e. The second-order valence-electron chi connectivity index (χ2n) is 6.65. The summed E-state index contributed by atoms with van der Waals surface area (Å²) in [4.78, 5) is 31.7. The van der Waals surface area contributed by atoms with Crippen LogP contribution < -0.4 is 4.74 Å². The molecule has 0 N–H and O–H groups in total. The first-order chi connectivity index (χ1) is 15.0. The number of carbonyl (C=O) groups excluding carboxylic acids is 1. The molecule has 3 aromatic heterocycles. The van der Waals surface area contributed by atoms with Crippen molar-refractivity contribution >= 4 is 46.8 Å². The van der Waals surface area contributed by atoms with Crippen LogP contribution in [0.4, 0.5) is 0 Å². The van der Waals surface area contributed by atoms with Crippen molar-refractivity contribution in [2.24, 2.45) is 0 Å². The molecule has 164 valence electrons. The molecular weight excluding hydrogens is 462 g/mol. The number of carbonyl (C=O) groups is 1. The number of nitrogens with zero attached hydrogens (tertiary/aromatic N) is 7. The summed E-state index contributed by atoms with van der Waals surface area (Å²) in [6.07, 6.45) is 4.88. The number of hydrogen-bond donors (Lipinski definition) is 0. The quantitative estimate of drug-likeness (QED) is 0.384. The number of morpholine rings is 1. The highest BCUT2D eigenvalue weighted by Gasteiger charge is 2.28. The van der Waals surface area contributed by atoms with Crippen LogP contribution in [0.2, 0.25) is 5.02 Å². The minimum atomic E-state index is -0.314. The molecule has 0 radical (unpaired) electrons. The molecule has 0 bridgehead atoms. The van der Waals surface area contributed by atoms with E-state index in [2.05, 4.69) is 25.0 Å². The molecule has 1 atom stereocenters. The fourth-order valence-corrected chi connectivity index (χ4v) is 3.91. The Morgan fingerprint density at radius 2 is 2.10 bits per heavy atom. The van der Waals surface area contributed by atoms with Crippen LogP contribution in [0.15, 0.2) is 22.6 Å². The highest BCUT2D eigenvalue weighted by molar-refractivity contribution is 7.98. The van der Waals surface area contributed by atoms with Gasteiger partial charge in [-0.05, 0) is 19.4 Å². The number of aryl methyl sites for hydroxylation is 1. The maximum atomic E-state index is 13.0. The van der Waals surface area contributed by atoms with E-state index in [0.717, 1.165) is 5.69 Å². The van der Waals surface area contributed by atoms with Crippen molar-refractivity contribution in [1.82, 2.24) is 34.4 Å². The molecule has 0 aromatic carbocycles. The van der Waals surface area contributed by atoms with Crippen molar-refractivity contribution in [3.05, 3.63) is 28.7 Å². The smallest absolute Gasteiger partial charge is 0.274 e. The van der Waals surface area contributed by atoms with Gasteiger partial charge in [-0.25, -0.2) is 15.0 Å². The average molecular weight is 482 g/mol. The van der Waals surface area contributed by atoms with Crippen molar-refractivity contribution in [3.8, 4) is 5.88 Å². The number of aromatic nitrogens is 6. The molecule has 0 saturated carbocycles. The first-order valence-electron chi connectivity index (χ1n) is 9.37. The van der Waals surface area contributed by atoms with Crippen LogP contribution in [-0.2, 0) is 4.74 Å². The third-order valence-electron chi connectivity index (χ3n) is 4.52. The Bertz CT molecular complexity index is 1110. The molecule has 0 spiro atoms. The van der Waals surface area contributed by atoms with E-state index in [1.807, 2.05) is 19.4 Å². The molecule has 3 aromatic rings. The summed E-state index contributed by atoms with van der Waals surface area (Å²) < 4.78 is 13.4. The number of fused-ring (bicyclic) bond motifs is 1. The van der Waals surface area contributed by atoms with Crippen LogP contribution in [0.1, 0.15) is 16.2 Å². The SMILES string of the molecule is CSc1ncc(Cl)c(C(=O)N2CCOC(COc3cc(C)nc4nc(SC)nn34)C2)n1. The van der Waals surface area contributed by atoms with E-state index in [1.165, 1.54) is 29.7 Å². The fraction of sp³-hybridized carbons (Fsp3) is 0.444. The first kappa shape index (κ1) is 22.1. The molecule has 10 nitrogen and oxygen atoms in total. The lowest BCUT2D eigenvalue weighted by Crippen LogP contribution is -2.48. The van der Waals surface area contributed by atoms with E-state index >= 15 is 0 Å². The molecule has 1 aliphatic heterocycles. The zero-order valence-corrected chi connectivity index (χ0v) is 19.5. The van der Waals surface area contributed by atoms with Crippen LogP contribution in [-0.4, -0.2) is 85.3 Å². The summed E-state index contributed by atoms with van der Waals surface area (Å²) in [5, 5.41) is 5.73. The number of ether oxygens (including phenoxy) is 2. The Morgan fingerprint density at radius 3 is 2.87 bits per heavy atom. The van der Waals surface area contributed by atoms with Gasteiger partial charge in [-0.1, -0.05) is 35.1 Å². The van der Waals surface area contributed by atoms with E-state index in [0.29, 0.717) is 41.7 Å². The average Bonchev–Trinajstić information content (AvgIpc) is 3.20. The van der Waals surface area contributed by atoms with Gasteiger partial charge in [0.15, 0.2) is 10.9 Å². The molecule has 4 heterocycles. The molecule has 1 unspecified atom stereocenters. The number of rotatable bonds is 6. The predicted molar refractivity (Wildman–Crippen MR) is 117 cm³/mol. The van der Waals surface area contributed by atoms with Gasteiger partial charge in [0.05, 0.1) is 24.4 Å². The fourth-order valence-electron chi connectivity index (χ4n) is 3.06. The van der Waals surface area contributed by atoms with E-state index < -0.39 is 0 Å². The predicted octanol–water partition coefficient (Wildman–Crippen LogP) is 2.24. The monoisotopic (exact) mass is 481 g/mol. The van der Waals surface area contributed by atoms with Gasteiger partial charge in [-0.2, -0.15) is 9.50 Å². The summed E-state index contributed by atoms with van der Waals surface area (Å²) in [5.41, 5.74) is 0.966. The van der Waals surface area contributed by atoms with Gasteiger partial charge < -0.3 is 14.4 Å². The van der Waals surface area contributed by atoms with Crippen LogP contribution >= 0.6 is 35.1 Å². The van der Waals surface area contributed by atoms with Crippen molar-refractivity contribution in [1.29, 1.82) is 0 Å². The second kappa shape index (κ2) is 9.55. The van der Waals surface area contributed by atoms with Crippen LogP contribution in [0.5, 0.6) is 5.88 Å². The number of halogens is 1. The standard InChI is InChI=1S/C18H20ClN7O3S2/c1-10-6-13(26-16(21-10)23-18(24-26)31-3)29-9-11-8-25(4-5-28-11)15(27)14-12(19)7-20-17(22-14)30-2/h6-7,11H,4-5,8-9H2,1-3H3. The van der Waals surface area contributed by atoms with Gasteiger partial charge in [-0.3, -0.25) is 4.79 Å². The Morgan fingerprint density at radius 1 is 1.29 bits per heavy atom. The van der Waals surface area contributed by atoms with Gasteiger partial charge in [0.25, 0.3) is 11.7 Å². The van der Waals surface area contributed by atoms with Crippen LogP contribution in [0.3, 0.4) is 0 Å². The molecular formula is C18H20ClN7O3S2. The van der Waals surface area contributed by atoms with E-state index in [4.69, 9.17) is 21.1 Å². The Hall–Kier alpha value is -2.15. The van der Waals surface area contributed by atoms with E-state index in [1.54, 1.807) is 15.5 Å². The zero-order valence-electron chi connectivity index (χ0n) is 17.1. The molecule has 31 heavy (non-hydrogen) atoms. The summed E-state index contributed by atoms with van der Waals surface area (Å²) in [7, 11) is 0. The number of thioether (sulfide) groups is 2. The van der Waals surface area contributed by atoms with Crippen molar-refractivity contribution in [2.45, 2.75) is 23.3 Å². The van der Waals surface area contributed by atoms with Gasteiger partial charge in [0.2, 0.25) is 11.0 Å². The Balaban J connectivity index is 1.46. The largest absolute Gasteiger partial charge is 0.475 e. The second-order valence-corrected chi connectivity index (χ2v) is 8.61. The van der Waals surface area contributed by atoms with Crippen LogP contribution in [0.25, 0.3) is 5.78 Å². The summed E-state index contributed by atoms with van der Waals surface area (Å²) >= 11 is 8.95. The zero-order chi connectivity index (χ0) is 22.0. The van der Waals surface area contributed by atoms with Gasteiger partial charge in [0, 0.05) is 18.3 Å². The summed E-state index contributed by atoms with van der Waals surface area (Å²) in [6.45, 7) is 3.30. The lowest BCUT2D eigenvalue weighted by molar-refractivity contribution is -0.0411. The van der Waals surface area contributed by atoms with Gasteiger partial charge in [0.1, 0.15) is 12.7 Å². The van der Waals surface area contributed by atoms with E-state index in [9.17, 15) is 4.79 Å². The normalized spacial score (nSPS) is 16.6. The minimum absolute atomic E-state index is 0.196. The molecule has 1 amide bonds. The maximum Gasteiger partial charge on any atom is 0.274 e. The van der Waals surface area contributed by atoms with E-state index in [-0.39, 0.29) is 29.3 Å². The van der Waals surface area contributed by atoms with Crippen LogP contribution in [0, 0.1) is 6.92 Å². The molecule has 13 heteroatoms. The van der Waals surface area contributed by atoms with Gasteiger partial charge >= 0.3 is 0 Å². The van der Waals surface area contributed by atoms with Gasteiger partial charge in [-0.15, -0.1) is 5.10 Å². The molecule has 1 fully saturated rings. The van der Waals surface area contributed by atoms with Crippen molar-refractivity contribution in [2.75, 3.05) is 38.8 Å². The molecule has 4 rings (SSSR count). The number of amides is 1. The highest BCUT2D eigenvalue weighted by atomic mass is 35.5. The topological polar surface area (TPSA) is 108 Å². The van der Waals surface area contributed by atoms with Crippen molar-refractivity contribution in [3.63, 3.8) is 0 Å². The lowest BCUT2D eigenvalue weighted by Gasteiger charge is -2.32. The third-order valence-corrected chi connectivity index (χ3v) is 5.90. The lowest BCUT2D eigenvalue weighted by atomic mass is 10.2. The molecule has 1 saturated heterocycles. The summed E-state index contributed by atoms with van der Waals surface area (Å²) in [5.74, 6) is 0.744. The first-order valence-corrected chi connectivity index (χ1v) is 12.2. The Labute approximate surface area is 192 Å². The summed E-state index contributed by atoms with van der Waals surface area (Å²) in [6, 6.07) is 1.79. The molecule has 1 aliphatic rings. The van der Waals surface area contributed by atoms with Crippen molar-refractivity contribution < 1.29 is 14.3 Å². The maximum absolute atomic E-state index is 13.0. The highest BCUT2D eigenvalue weighted by Crippen LogP contribution is 2.21. The third kappa shape index (κ3) is 4.86. The Kier molecular flexibility index (Phi) is 6.80. The number of hydrogen-bond acceptors (Lipinski definition) is 10.